The van der Waals surface area contributed by atoms with E-state index in [0.717, 1.165) is 0 Å². The fourth-order valence-corrected chi connectivity index (χ4v) is 2.29. The molecule has 7 heteroatoms. The van der Waals surface area contributed by atoms with E-state index in [9.17, 15) is 14.4 Å². The van der Waals surface area contributed by atoms with Crippen LogP contribution in [0, 0.1) is 0 Å². The fraction of sp³-hybridized carbons (Fsp3) is 0. The van der Waals surface area contributed by atoms with Crippen molar-refractivity contribution in [3.63, 3.8) is 0 Å². The number of esters is 1. The molecule has 2 N–H and O–H groups in total. The predicted octanol–water partition coefficient (Wildman–Crippen LogP) is 2.99. The summed E-state index contributed by atoms with van der Waals surface area (Å²) < 4.78 is 5.28. The van der Waals surface area contributed by atoms with E-state index < -0.39 is 17.8 Å². The summed E-state index contributed by atoms with van der Waals surface area (Å²) in [5, 5.41) is 6.21. The normalized spacial score (nSPS) is 10.3. The Morgan fingerprint density at radius 3 is 2.03 bits per heavy atom. The lowest BCUT2D eigenvalue weighted by Gasteiger charge is -2.04. The maximum absolute atomic E-state index is 12.0. The molecule has 144 valence electrons. The van der Waals surface area contributed by atoms with Gasteiger partial charge in [0, 0.05) is 5.69 Å². The Morgan fingerprint density at radius 1 is 0.759 bits per heavy atom. The fourth-order valence-electron chi connectivity index (χ4n) is 2.29. The highest BCUT2D eigenvalue weighted by molar-refractivity contribution is 6.39. The van der Waals surface area contributed by atoms with E-state index in [2.05, 4.69) is 15.8 Å². The van der Waals surface area contributed by atoms with E-state index in [4.69, 9.17) is 4.74 Å². The molecule has 2 amide bonds. The molecule has 0 fully saturated rings. The summed E-state index contributed by atoms with van der Waals surface area (Å²) >= 11 is 0. The molecular formula is C22H17N3O4. The third kappa shape index (κ3) is 5.86. The van der Waals surface area contributed by atoms with Crippen molar-refractivity contribution in [2.75, 3.05) is 5.32 Å². The summed E-state index contributed by atoms with van der Waals surface area (Å²) in [7, 11) is 0. The van der Waals surface area contributed by atoms with Crippen LogP contribution in [0.3, 0.4) is 0 Å². The average molecular weight is 387 g/mol. The van der Waals surface area contributed by atoms with E-state index in [0.29, 0.717) is 22.6 Å². The predicted molar refractivity (Wildman–Crippen MR) is 109 cm³/mol. The molecule has 0 heterocycles. The van der Waals surface area contributed by atoms with Gasteiger partial charge in [0.25, 0.3) is 0 Å². The first-order valence-corrected chi connectivity index (χ1v) is 8.68. The van der Waals surface area contributed by atoms with Crippen molar-refractivity contribution in [3.8, 4) is 5.75 Å². The first-order valence-electron chi connectivity index (χ1n) is 8.68. The molecule has 3 aromatic rings. The summed E-state index contributed by atoms with van der Waals surface area (Å²) in [5.74, 6) is -1.79. The van der Waals surface area contributed by atoms with Gasteiger partial charge in [0.2, 0.25) is 0 Å². The molecular weight excluding hydrogens is 370 g/mol. The smallest absolute Gasteiger partial charge is 0.343 e. The third-order valence-corrected chi connectivity index (χ3v) is 3.72. The topological polar surface area (TPSA) is 96.9 Å². The lowest BCUT2D eigenvalue weighted by molar-refractivity contribution is -0.136. The molecule has 3 aromatic carbocycles. The van der Waals surface area contributed by atoms with Crippen LogP contribution in [0.5, 0.6) is 5.75 Å². The first kappa shape index (κ1) is 19.5. The standard InChI is InChI=1S/C22H17N3O4/c26-20(24-18-9-5-2-6-10-18)21(27)25-23-15-16-11-13-19(14-12-16)29-22(28)17-7-3-1-4-8-17/h1-15H,(H,24,26)(H,25,27)/b23-15+. The molecule has 0 spiro atoms. The van der Waals surface area contributed by atoms with Crippen molar-refractivity contribution in [3.05, 3.63) is 96.1 Å². The van der Waals surface area contributed by atoms with Crippen molar-refractivity contribution in [2.45, 2.75) is 0 Å². The van der Waals surface area contributed by atoms with Gasteiger partial charge in [-0.05, 0) is 54.1 Å². The second-order valence-corrected chi connectivity index (χ2v) is 5.84. The summed E-state index contributed by atoms with van der Waals surface area (Å²) in [4.78, 5) is 35.5. The van der Waals surface area contributed by atoms with E-state index in [1.54, 1.807) is 78.9 Å². The van der Waals surface area contributed by atoms with Crippen molar-refractivity contribution in [1.82, 2.24) is 5.43 Å². The van der Waals surface area contributed by atoms with Crippen LogP contribution in [-0.2, 0) is 9.59 Å². The average Bonchev–Trinajstić information content (AvgIpc) is 2.76. The Morgan fingerprint density at radius 2 is 1.38 bits per heavy atom. The highest BCUT2D eigenvalue weighted by Gasteiger charge is 2.12. The number of benzene rings is 3. The van der Waals surface area contributed by atoms with Gasteiger partial charge in [-0.2, -0.15) is 5.10 Å². The minimum atomic E-state index is -0.890. The molecule has 0 aliphatic heterocycles. The molecule has 0 radical (unpaired) electrons. The van der Waals surface area contributed by atoms with Gasteiger partial charge in [0.1, 0.15) is 5.75 Å². The van der Waals surface area contributed by atoms with Crippen molar-refractivity contribution >= 4 is 29.7 Å². The molecule has 0 aliphatic rings. The SMILES string of the molecule is O=C(N/N=C/c1ccc(OC(=O)c2ccccc2)cc1)C(=O)Nc1ccccc1. The van der Waals surface area contributed by atoms with Gasteiger partial charge in [0.05, 0.1) is 11.8 Å². The van der Waals surface area contributed by atoms with Crippen molar-refractivity contribution in [2.24, 2.45) is 5.10 Å². The largest absolute Gasteiger partial charge is 0.423 e. The molecule has 0 saturated heterocycles. The number of amides is 2. The van der Waals surface area contributed by atoms with Crippen LogP contribution in [0.2, 0.25) is 0 Å². The minimum absolute atomic E-state index is 0.377. The lowest BCUT2D eigenvalue weighted by Crippen LogP contribution is -2.32. The first-order chi connectivity index (χ1) is 14.1. The Kier molecular flexibility index (Phi) is 6.46. The second-order valence-electron chi connectivity index (χ2n) is 5.84. The zero-order chi connectivity index (χ0) is 20.5. The number of hydrogen-bond acceptors (Lipinski definition) is 5. The number of nitrogens with one attached hydrogen (secondary N) is 2. The van der Waals surface area contributed by atoms with Crippen LogP contribution in [0.25, 0.3) is 0 Å². The Hall–Kier alpha value is -4.26. The van der Waals surface area contributed by atoms with Crippen molar-refractivity contribution in [1.29, 1.82) is 0 Å². The third-order valence-electron chi connectivity index (χ3n) is 3.72. The molecule has 29 heavy (non-hydrogen) atoms. The summed E-state index contributed by atoms with van der Waals surface area (Å²) in [6.07, 6.45) is 1.37. The number of rotatable bonds is 5. The molecule has 0 aliphatic carbocycles. The molecule has 7 nitrogen and oxygen atoms in total. The summed E-state index contributed by atoms with van der Waals surface area (Å²) in [5.41, 5.74) is 3.76. The van der Waals surface area contributed by atoms with Gasteiger partial charge < -0.3 is 10.1 Å². The van der Waals surface area contributed by atoms with Gasteiger partial charge >= 0.3 is 17.8 Å². The number of nitrogens with zero attached hydrogens (tertiary/aromatic N) is 1. The summed E-state index contributed by atoms with van der Waals surface area (Å²) in [6, 6.07) is 23.8. The number of carbonyl (C=O) groups is 3. The van der Waals surface area contributed by atoms with E-state index in [1.807, 2.05) is 6.07 Å². The van der Waals surface area contributed by atoms with Gasteiger partial charge in [-0.25, -0.2) is 10.2 Å². The molecule has 0 unspecified atom stereocenters. The Bertz CT molecular complexity index is 1020. The quantitative estimate of drug-likeness (QED) is 0.231. The molecule has 0 atom stereocenters. The minimum Gasteiger partial charge on any atom is -0.423 e. The van der Waals surface area contributed by atoms with E-state index in [1.165, 1.54) is 6.21 Å². The lowest BCUT2D eigenvalue weighted by atomic mass is 10.2. The molecule has 0 bridgehead atoms. The molecule has 3 rings (SSSR count). The maximum Gasteiger partial charge on any atom is 0.343 e. The van der Waals surface area contributed by atoms with Gasteiger partial charge in [-0.1, -0.05) is 36.4 Å². The number of anilines is 1. The van der Waals surface area contributed by atoms with Crippen LogP contribution < -0.4 is 15.5 Å². The van der Waals surface area contributed by atoms with E-state index >= 15 is 0 Å². The number of para-hydroxylation sites is 1. The zero-order valence-electron chi connectivity index (χ0n) is 15.2. The van der Waals surface area contributed by atoms with Crippen LogP contribution in [0.4, 0.5) is 5.69 Å². The van der Waals surface area contributed by atoms with Gasteiger partial charge in [-0.3, -0.25) is 9.59 Å². The highest BCUT2D eigenvalue weighted by Crippen LogP contribution is 2.13. The number of hydrazone groups is 1. The second kappa shape index (κ2) is 9.61. The van der Waals surface area contributed by atoms with Gasteiger partial charge in [0.15, 0.2) is 0 Å². The zero-order valence-corrected chi connectivity index (χ0v) is 15.2. The Labute approximate surface area is 167 Å². The number of hydrogen-bond donors (Lipinski definition) is 2. The number of carbonyl (C=O) groups excluding carboxylic acids is 3. The highest BCUT2D eigenvalue weighted by atomic mass is 16.5. The van der Waals surface area contributed by atoms with E-state index in [-0.39, 0.29) is 0 Å². The monoisotopic (exact) mass is 387 g/mol. The summed E-state index contributed by atoms with van der Waals surface area (Å²) in [6.45, 7) is 0. The maximum atomic E-state index is 12.0. The van der Waals surface area contributed by atoms with Crippen LogP contribution in [-0.4, -0.2) is 24.0 Å². The van der Waals surface area contributed by atoms with Crippen LogP contribution in [0.1, 0.15) is 15.9 Å². The van der Waals surface area contributed by atoms with Crippen LogP contribution in [0.15, 0.2) is 90.0 Å². The molecule has 0 saturated carbocycles. The van der Waals surface area contributed by atoms with Gasteiger partial charge in [-0.15, -0.1) is 0 Å². The number of ether oxygens (including phenoxy) is 1. The van der Waals surface area contributed by atoms with Crippen molar-refractivity contribution < 1.29 is 19.1 Å². The Balaban J connectivity index is 1.50. The van der Waals surface area contributed by atoms with Crippen LogP contribution >= 0.6 is 0 Å². The molecule has 0 aromatic heterocycles.